The monoisotopic (exact) mass is 408 g/mol. The number of nitrogens with zero attached hydrogens (tertiary/aromatic N) is 3. The van der Waals surface area contributed by atoms with Crippen LogP contribution in [-0.2, 0) is 26.1 Å². The first-order valence-corrected chi connectivity index (χ1v) is 9.88. The predicted octanol–water partition coefficient (Wildman–Crippen LogP) is 2.55. The number of anilines is 1. The van der Waals surface area contributed by atoms with Crippen molar-refractivity contribution in [3.05, 3.63) is 11.4 Å². The van der Waals surface area contributed by atoms with Gasteiger partial charge >= 0.3 is 12.1 Å². The molecule has 0 bridgehead atoms. The van der Waals surface area contributed by atoms with Gasteiger partial charge in [-0.3, -0.25) is 14.3 Å². The van der Waals surface area contributed by atoms with E-state index in [9.17, 15) is 14.4 Å². The molecule has 1 aliphatic rings. The molecule has 9 heteroatoms. The van der Waals surface area contributed by atoms with Crippen molar-refractivity contribution in [1.82, 2.24) is 14.7 Å². The summed E-state index contributed by atoms with van der Waals surface area (Å²) in [4.78, 5) is 38.6. The molecule has 9 nitrogen and oxygen atoms in total. The van der Waals surface area contributed by atoms with E-state index in [4.69, 9.17) is 9.47 Å². The van der Waals surface area contributed by atoms with Crippen LogP contribution in [0, 0.1) is 19.8 Å². The minimum absolute atomic E-state index is 0.342. The molecule has 0 aliphatic carbocycles. The van der Waals surface area contributed by atoms with E-state index in [2.05, 4.69) is 10.4 Å². The number of hydrogen-bond acceptors (Lipinski definition) is 6. The number of amides is 2. The van der Waals surface area contributed by atoms with Crippen molar-refractivity contribution in [3.63, 3.8) is 0 Å². The van der Waals surface area contributed by atoms with Crippen LogP contribution in [0.4, 0.5) is 10.5 Å². The average molecular weight is 408 g/mol. The van der Waals surface area contributed by atoms with Gasteiger partial charge in [0, 0.05) is 20.1 Å². The fourth-order valence-electron chi connectivity index (χ4n) is 3.13. The highest BCUT2D eigenvalue weighted by molar-refractivity contribution is 5.96. The second-order valence-electron chi connectivity index (χ2n) is 8.48. The number of carbonyl (C=O) groups is 3. The molecular formula is C20H32N4O5. The third-order valence-corrected chi connectivity index (χ3v) is 4.90. The highest BCUT2D eigenvalue weighted by Crippen LogP contribution is 2.22. The van der Waals surface area contributed by atoms with Crippen LogP contribution >= 0.6 is 0 Å². The Hall–Kier alpha value is -2.58. The van der Waals surface area contributed by atoms with Crippen LogP contribution in [0.5, 0.6) is 0 Å². The summed E-state index contributed by atoms with van der Waals surface area (Å²) < 4.78 is 12.4. The molecule has 1 saturated heterocycles. The smallest absolute Gasteiger partial charge is 0.410 e. The van der Waals surface area contributed by atoms with Crippen LogP contribution in [0.25, 0.3) is 0 Å². The van der Waals surface area contributed by atoms with E-state index in [1.54, 1.807) is 30.5 Å². The van der Waals surface area contributed by atoms with Crippen LogP contribution in [-0.4, -0.2) is 57.4 Å². The maximum absolute atomic E-state index is 12.5. The largest absolute Gasteiger partial charge is 0.452 e. The summed E-state index contributed by atoms with van der Waals surface area (Å²) in [6, 6.07) is 0. The van der Waals surface area contributed by atoms with Gasteiger partial charge in [0.05, 0.1) is 23.0 Å². The number of ether oxygens (including phenoxy) is 2. The standard InChI is InChI=1S/C20H32N4O5/c1-12-16(13(2)23(7)22-12)21-17(25)14(3)28-18(26)15-8-10-24(11-9-15)19(27)29-20(4,5)6/h14-15H,8-11H2,1-7H3,(H,21,25). The Morgan fingerprint density at radius 3 is 2.24 bits per heavy atom. The summed E-state index contributed by atoms with van der Waals surface area (Å²) in [6.45, 7) is 11.5. The van der Waals surface area contributed by atoms with Gasteiger partial charge in [0.25, 0.3) is 5.91 Å². The molecule has 1 N–H and O–H groups in total. The zero-order valence-electron chi connectivity index (χ0n) is 18.4. The van der Waals surface area contributed by atoms with Gasteiger partial charge in [0.15, 0.2) is 6.10 Å². The Labute approximate surface area is 171 Å². The zero-order chi connectivity index (χ0) is 21.9. The SMILES string of the molecule is Cc1nn(C)c(C)c1NC(=O)C(C)OC(=O)C1CCN(C(=O)OC(C)(C)C)CC1. The molecule has 2 amide bonds. The third-order valence-electron chi connectivity index (χ3n) is 4.90. The predicted molar refractivity (Wildman–Crippen MR) is 107 cm³/mol. The Bertz CT molecular complexity index is 773. The molecule has 0 aromatic carbocycles. The number of rotatable bonds is 4. The van der Waals surface area contributed by atoms with E-state index in [1.807, 2.05) is 27.7 Å². The molecule has 162 valence electrons. The van der Waals surface area contributed by atoms with Gasteiger partial charge in [-0.1, -0.05) is 0 Å². The van der Waals surface area contributed by atoms with Crippen molar-refractivity contribution < 1.29 is 23.9 Å². The van der Waals surface area contributed by atoms with Crippen molar-refractivity contribution >= 4 is 23.7 Å². The van der Waals surface area contributed by atoms with E-state index >= 15 is 0 Å². The maximum Gasteiger partial charge on any atom is 0.410 e. The zero-order valence-corrected chi connectivity index (χ0v) is 18.4. The Morgan fingerprint density at radius 1 is 1.17 bits per heavy atom. The van der Waals surface area contributed by atoms with Crippen molar-refractivity contribution in [2.75, 3.05) is 18.4 Å². The second-order valence-corrected chi connectivity index (χ2v) is 8.48. The molecule has 2 rings (SSSR count). The molecule has 1 unspecified atom stereocenters. The first kappa shape index (κ1) is 22.7. The molecule has 0 radical (unpaired) electrons. The van der Waals surface area contributed by atoms with Crippen LogP contribution in [0.3, 0.4) is 0 Å². The highest BCUT2D eigenvalue weighted by Gasteiger charge is 2.32. The topological polar surface area (TPSA) is 103 Å². The number of nitrogens with one attached hydrogen (secondary N) is 1. The molecule has 29 heavy (non-hydrogen) atoms. The number of carbonyl (C=O) groups excluding carboxylic acids is 3. The first-order chi connectivity index (χ1) is 13.4. The summed E-state index contributed by atoms with van der Waals surface area (Å²) in [7, 11) is 1.80. The minimum Gasteiger partial charge on any atom is -0.452 e. The van der Waals surface area contributed by atoms with Crippen LogP contribution in [0.2, 0.25) is 0 Å². The van der Waals surface area contributed by atoms with Crippen molar-refractivity contribution in [2.24, 2.45) is 13.0 Å². The van der Waals surface area contributed by atoms with Crippen LogP contribution < -0.4 is 5.32 Å². The number of esters is 1. The van der Waals surface area contributed by atoms with Crippen molar-refractivity contribution in [2.45, 2.75) is 66.1 Å². The lowest BCUT2D eigenvalue weighted by molar-refractivity contribution is -0.158. The normalized spacial score (nSPS) is 16.3. The molecule has 1 atom stereocenters. The van der Waals surface area contributed by atoms with E-state index in [0.717, 1.165) is 5.69 Å². The summed E-state index contributed by atoms with van der Waals surface area (Å²) in [5, 5.41) is 7.03. The average Bonchev–Trinajstić information content (AvgIpc) is 2.86. The summed E-state index contributed by atoms with van der Waals surface area (Å²) in [5.41, 5.74) is 1.60. The van der Waals surface area contributed by atoms with Gasteiger partial charge in [-0.15, -0.1) is 0 Å². The lowest BCUT2D eigenvalue weighted by atomic mass is 9.97. The van der Waals surface area contributed by atoms with Crippen molar-refractivity contribution in [1.29, 1.82) is 0 Å². The lowest BCUT2D eigenvalue weighted by Crippen LogP contribution is -2.43. The molecule has 1 aliphatic heterocycles. The second kappa shape index (κ2) is 8.84. The maximum atomic E-state index is 12.5. The van der Waals surface area contributed by atoms with Gasteiger partial charge in [-0.05, 0) is 54.4 Å². The Balaban J connectivity index is 1.84. The van der Waals surface area contributed by atoms with E-state index < -0.39 is 23.6 Å². The number of likely N-dealkylation sites (tertiary alicyclic amines) is 1. The van der Waals surface area contributed by atoms with Gasteiger partial charge < -0.3 is 19.7 Å². The van der Waals surface area contributed by atoms with Gasteiger partial charge in [0.1, 0.15) is 5.60 Å². The highest BCUT2D eigenvalue weighted by atomic mass is 16.6. The van der Waals surface area contributed by atoms with Gasteiger partial charge in [-0.2, -0.15) is 5.10 Å². The molecule has 0 saturated carbocycles. The van der Waals surface area contributed by atoms with Gasteiger partial charge in [0.2, 0.25) is 0 Å². The third kappa shape index (κ3) is 5.95. The van der Waals surface area contributed by atoms with Crippen molar-refractivity contribution in [3.8, 4) is 0 Å². The minimum atomic E-state index is -0.926. The fraction of sp³-hybridized carbons (Fsp3) is 0.700. The lowest BCUT2D eigenvalue weighted by Gasteiger charge is -2.32. The number of hydrogen-bond donors (Lipinski definition) is 1. The van der Waals surface area contributed by atoms with Crippen LogP contribution in [0.15, 0.2) is 0 Å². The number of aromatic nitrogens is 2. The van der Waals surface area contributed by atoms with E-state index in [0.29, 0.717) is 37.3 Å². The number of piperidine rings is 1. The quantitative estimate of drug-likeness (QED) is 0.768. The molecule has 1 fully saturated rings. The summed E-state index contributed by atoms with van der Waals surface area (Å²) in [6.07, 6.45) is -0.342. The van der Waals surface area contributed by atoms with E-state index in [-0.39, 0.29) is 12.0 Å². The Kier molecular flexibility index (Phi) is 6.92. The van der Waals surface area contributed by atoms with Crippen LogP contribution in [0.1, 0.15) is 51.9 Å². The summed E-state index contributed by atoms with van der Waals surface area (Å²) in [5.74, 6) is -1.16. The number of aryl methyl sites for hydroxylation is 2. The Morgan fingerprint density at radius 2 is 1.76 bits per heavy atom. The van der Waals surface area contributed by atoms with E-state index in [1.165, 1.54) is 0 Å². The van der Waals surface area contributed by atoms with Gasteiger partial charge in [-0.25, -0.2) is 4.79 Å². The molecule has 1 aromatic rings. The summed E-state index contributed by atoms with van der Waals surface area (Å²) >= 11 is 0. The molecule has 1 aromatic heterocycles. The molecule has 0 spiro atoms. The molecule has 2 heterocycles. The molecular weight excluding hydrogens is 376 g/mol. The first-order valence-electron chi connectivity index (χ1n) is 9.88. The fourth-order valence-corrected chi connectivity index (χ4v) is 3.13.